The van der Waals surface area contributed by atoms with Gasteiger partial charge in [0.25, 0.3) is 0 Å². The number of amidine groups is 1. The molecule has 0 saturated heterocycles. The molecule has 29 heavy (non-hydrogen) atoms. The van der Waals surface area contributed by atoms with Crippen LogP contribution in [0.25, 0.3) is 0 Å². The average molecular weight is 395 g/mol. The minimum Gasteiger partial charge on any atom is -0.386 e. The van der Waals surface area contributed by atoms with E-state index in [0.29, 0.717) is 24.2 Å². The van der Waals surface area contributed by atoms with Gasteiger partial charge in [0.05, 0.1) is 24.8 Å². The van der Waals surface area contributed by atoms with Gasteiger partial charge in [-0.25, -0.2) is 4.98 Å². The maximum atomic E-state index is 7.95. The molecule has 0 atom stereocenters. The smallest absolute Gasteiger partial charge is 0.155 e. The molecule has 0 radical (unpaired) electrons. The van der Waals surface area contributed by atoms with Gasteiger partial charge in [0.1, 0.15) is 5.69 Å². The fraction of sp³-hybridized carbons (Fsp3) is 0.435. The highest BCUT2D eigenvalue weighted by molar-refractivity contribution is 5.99. The summed E-state index contributed by atoms with van der Waals surface area (Å²) < 4.78 is 2.16. The summed E-state index contributed by atoms with van der Waals surface area (Å²) in [5.41, 5.74) is 8.85. The van der Waals surface area contributed by atoms with Crippen molar-refractivity contribution >= 4 is 5.84 Å². The Bertz CT molecular complexity index is 812. The minimum atomic E-state index is 0.350. The SMILES string of the molecule is C=C(N)NC(=NCc1ccccc1)c1ncn(C(C)C)c1CC.CCCCC#N. The number of rotatable bonds is 8. The quantitative estimate of drug-likeness (QED) is 0.386. The molecule has 1 aromatic heterocycles. The van der Waals surface area contributed by atoms with Gasteiger partial charge in [-0.3, -0.25) is 4.99 Å². The maximum Gasteiger partial charge on any atom is 0.155 e. The molecule has 2 aromatic rings. The molecule has 6 nitrogen and oxygen atoms in total. The number of aromatic nitrogens is 2. The van der Waals surface area contributed by atoms with E-state index in [0.717, 1.165) is 42.6 Å². The van der Waals surface area contributed by atoms with Crippen LogP contribution in [0.2, 0.25) is 0 Å². The lowest BCUT2D eigenvalue weighted by molar-refractivity contribution is 0.576. The molecule has 0 aliphatic heterocycles. The van der Waals surface area contributed by atoms with Crippen molar-refractivity contribution in [1.82, 2.24) is 14.9 Å². The lowest BCUT2D eigenvalue weighted by Crippen LogP contribution is -2.29. The van der Waals surface area contributed by atoms with E-state index in [1.54, 1.807) is 0 Å². The summed E-state index contributed by atoms with van der Waals surface area (Å²) in [6, 6.07) is 12.5. The van der Waals surface area contributed by atoms with Crippen molar-refractivity contribution in [3.8, 4) is 6.07 Å². The predicted octanol–water partition coefficient (Wildman–Crippen LogP) is 4.69. The second-order valence-electron chi connectivity index (χ2n) is 6.96. The maximum absolute atomic E-state index is 7.95. The molecule has 1 aromatic carbocycles. The summed E-state index contributed by atoms with van der Waals surface area (Å²) in [5, 5.41) is 11.0. The van der Waals surface area contributed by atoms with Gasteiger partial charge in [0.2, 0.25) is 0 Å². The zero-order chi connectivity index (χ0) is 21.6. The number of nitrogens with two attached hydrogens (primary N) is 1. The Labute approximate surface area is 175 Å². The van der Waals surface area contributed by atoms with Crippen LogP contribution < -0.4 is 11.1 Å². The van der Waals surface area contributed by atoms with E-state index < -0.39 is 0 Å². The molecular weight excluding hydrogens is 360 g/mol. The van der Waals surface area contributed by atoms with Crippen molar-refractivity contribution in [3.05, 3.63) is 66.0 Å². The van der Waals surface area contributed by atoms with Crippen molar-refractivity contribution in [2.24, 2.45) is 10.7 Å². The molecule has 0 spiro atoms. The van der Waals surface area contributed by atoms with E-state index in [1.807, 2.05) is 36.7 Å². The first-order valence-electron chi connectivity index (χ1n) is 10.2. The summed E-state index contributed by atoms with van der Waals surface area (Å²) in [6.07, 6.45) is 5.63. The molecule has 156 valence electrons. The number of nitrogens with one attached hydrogen (secondary N) is 1. The molecule has 0 saturated carbocycles. The molecule has 0 bridgehead atoms. The molecule has 2 rings (SSSR count). The number of hydrogen-bond donors (Lipinski definition) is 2. The Morgan fingerprint density at radius 3 is 2.48 bits per heavy atom. The standard InChI is InChI=1S/C18H25N5.C5H9N/c1-5-16-17(21-12-23(16)13(2)3)18(22-14(4)19)20-11-15-9-7-6-8-10-15;1-2-3-4-5-6/h6-10,12-13H,4-5,11,19H2,1-3H3,(H,20,22);2-4H2,1H3. The molecule has 0 aliphatic rings. The van der Waals surface area contributed by atoms with Gasteiger partial charge in [0, 0.05) is 18.2 Å². The molecular formula is C23H34N6. The van der Waals surface area contributed by atoms with Gasteiger partial charge in [-0.2, -0.15) is 5.26 Å². The molecule has 6 heteroatoms. The average Bonchev–Trinajstić information content (AvgIpc) is 3.15. The minimum absolute atomic E-state index is 0.350. The normalized spacial score (nSPS) is 10.8. The second kappa shape index (κ2) is 13.2. The first kappa shape index (κ1) is 24.0. The van der Waals surface area contributed by atoms with Crippen LogP contribution in [0.1, 0.15) is 70.0 Å². The highest BCUT2D eigenvalue weighted by Gasteiger charge is 2.16. The molecule has 3 N–H and O–H groups in total. The van der Waals surface area contributed by atoms with Crippen LogP contribution >= 0.6 is 0 Å². The Morgan fingerprint density at radius 2 is 2.00 bits per heavy atom. The summed E-state index contributed by atoms with van der Waals surface area (Å²) in [6.45, 7) is 12.8. The number of imidazole rings is 1. The largest absolute Gasteiger partial charge is 0.386 e. The molecule has 0 fully saturated rings. The Balaban J connectivity index is 0.000000612. The zero-order valence-electron chi connectivity index (χ0n) is 18.2. The fourth-order valence-corrected chi connectivity index (χ4v) is 2.71. The Hall–Kier alpha value is -3.07. The van der Waals surface area contributed by atoms with Crippen LogP contribution in [-0.4, -0.2) is 15.4 Å². The predicted molar refractivity (Wildman–Crippen MR) is 120 cm³/mol. The van der Waals surface area contributed by atoms with Crippen LogP contribution in [0, 0.1) is 11.3 Å². The second-order valence-corrected chi connectivity index (χ2v) is 6.96. The zero-order valence-corrected chi connectivity index (χ0v) is 18.2. The van der Waals surface area contributed by atoms with Gasteiger partial charge >= 0.3 is 0 Å². The van der Waals surface area contributed by atoms with Gasteiger partial charge in [-0.05, 0) is 32.3 Å². The van der Waals surface area contributed by atoms with Gasteiger partial charge in [0.15, 0.2) is 5.84 Å². The Kier molecular flexibility index (Phi) is 10.9. The number of nitriles is 1. The van der Waals surface area contributed by atoms with E-state index in [1.165, 1.54) is 0 Å². The first-order chi connectivity index (χ1) is 13.9. The fourth-order valence-electron chi connectivity index (χ4n) is 2.71. The lowest BCUT2D eigenvalue weighted by atomic mass is 10.2. The van der Waals surface area contributed by atoms with Crippen molar-refractivity contribution in [2.75, 3.05) is 0 Å². The van der Waals surface area contributed by atoms with E-state index in [9.17, 15) is 0 Å². The number of benzene rings is 1. The lowest BCUT2D eigenvalue weighted by Gasteiger charge is -2.13. The van der Waals surface area contributed by atoms with Gasteiger partial charge in [-0.15, -0.1) is 0 Å². The van der Waals surface area contributed by atoms with E-state index in [2.05, 4.69) is 60.2 Å². The number of unbranched alkanes of at least 4 members (excludes halogenated alkanes) is 2. The van der Waals surface area contributed by atoms with Gasteiger partial charge < -0.3 is 15.6 Å². The highest BCUT2D eigenvalue weighted by atomic mass is 15.1. The van der Waals surface area contributed by atoms with Crippen molar-refractivity contribution in [2.45, 2.75) is 66.0 Å². The summed E-state index contributed by atoms with van der Waals surface area (Å²) in [4.78, 5) is 9.22. The van der Waals surface area contributed by atoms with Crippen LogP contribution in [0.4, 0.5) is 0 Å². The van der Waals surface area contributed by atoms with Crippen LogP contribution in [0.5, 0.6) is 0 Å². The van der Waals surface area contributed by atoms with E-state index in [4.69, 9.17) is 11.0 Å². The summed E-state index contributed by atoms with van der Waals surface area (Å²) >= 11 is 0. The van der Waals surface area contributed by atoms with Crippen LogP contribution in [-0.2, 0) is 13.0 Å². The molecule has 0 amide bonds. The monoisotopic (exact) mass is 394 g/mol. The topological polar surface area (TPSA) is 92.0 Å². The first-order valence-corrected chi connectivity index (χ1v) is 10.2. The van der Waals surface area contributed by atoms with Crippen molar-refractivity contribution in [3.63, 3.8) is 0 Å². The third kappa shape index (κ3) is 8.22. The molecule has 1 heterocycles. The summed E-state index contributed by atoms with van der Waals surface area (Å²) in [5.74, 6) is 1.02. The Morgan fingerprint density at radius 1 is 1.31 bits per heavy atom. The number of nitrogens with zero attached hydrogens (tertiary/aromatic N) is 4. The van der Waals surface area contributed by atoms with Crippen LogP contribution in [0.15, 0.2) is 54.1 Å². The molecule has 0 unspecified atom stereocenters. The van der Waals surface area contributed by atoms with Crippen molar-refractivity contribution in [1.29, 1.82) is 5.26 Å². The highest BCUT2D eigenvalue weighted by Crippen LogP contribution is 2.15. The molecule has 0 aliphatic carbocycles. The third-order valence-electron chi connectivity index (χ3n) is 4.20. The van der Waals surface area contributed by atoms with Crippen LogP contribution in [0.3, 0.4) is 0 Å². The van der Waals surface area contributed by atoms with E-state index in [-0.39, 0.29) is 0 Å². The van der Waals surface area contributed by atoms with E-state index >= 15 is 0 Å². The third-order valence-corrected chi connectivity index (χ3v) is 4.20. The summed E-state index contributed by atoms with van der Waals surface area (Å²) in [7, 11) is 0. The number of aliphatic imine (C=N–C) groups is 1. The van der Waals surface area contributed by atoms with Gasteiger partial charge in [-0.1, -0.05) is 57.2 Å². The number of hydrogen-bond acceptors (Lipinski definition) is 4. The van der Waals surface area contributed by atoms with Crippen molar-refractivity contribution < 1.29 is 0 Å².